The van der Waals surface area contributed by atoms with Crippen LogP contribution in [0.1, 0.15) is 71.7 Å². The highest BCUT2D eigenvalue weighted by Crippen LogP contribution is 2.38. The van der Waals surface area contributed by atoms with E-state index in [9.17, 15) is 22.8 Å². The van der Waals surface area contributed by atoms with Gasteiger partial charge in [-0.25, -0.2) is 13.2 Å². The van der Waals surface area contributed by atoms with Gasteiger partial charge in [0.25, 0.3) is 11.8 Å². The van der Waals surface area contributed by atoms with Crippen LogP contribution in [0.5, 0.6) is 0 Å². The van der Waals surface area contributed by atoms with Crippen molar-refractivity contribution in [3.8, 4) is 0 Å². The average molecular weight is 564 g/mol. The second-order valence-electron chi connectivity index (χ2n) is 9.44. The number of benzene rings is 1. The van der Waals surface area contributed by atoms with E-state index in [1.807, 2.05) is 13.8 Å². The Kier molecular flexibility index (Phi) is 10.0. The predicted molar refractivity (Wildman–Crippen MR) is 149 cm³/mol. The topological polar surface area (TPSA) is 128 Å². The molecule has 12 heteroatoms. The molecule has 3 N–H and O–H groups in total. The number of rotatable bonds is 10. The normalized spacial score (nSPS) is 13.9. The van der Waals surface area contributed by atoms with Crippen LogP contribution >= 0.6 is 11.3 Å². The van der Waals surface area contributed by atoms with E-state index in [1.54, 1.807) is 0 Å². The number of nitrogens with zero attached hydrogens (tertiary/aromatic N) is 2. The Morgan fingerprint density at radius 3 is 2.24 bits per heavy atom. The molecule has 2 heterocycles. The third kappa shape index (κ3) is 6.60. The van der Waals surface area contributed by atoms with E-state index in [2.05, 4.69) is 34.7 Å². The van der Waals surface area contributed by atoms with Gasteiger partial charge in [-0.05, 0) is 62.9 Å². The molecule has 10 nitrogen and oxygen atoms in total. The number of urea groups is 1. The summed E-state index contributed by atoms with van der Waals surface area (Å²) in [7, 11) is -2.25. The number of amides is 4. The van der Waals surface area contributed by atoms with E-state index in [4.69, 9.17) is 0 Å². The van der Waals surface area contributed by atoms with Gasteiger partial charge in [0.15, 0.2) is 0 Å². The molecule has 0 aliphatic carbocycles. The lowest BCUT2D eigenvalue weighted by Gasteiger charge is -2.30. The Balaban J connectivity index is 1.88. The highest BCUT2D eigenvalue weighted by molar-refractivity contribution is 7.89. The predicted octanol–water partition coefficient (Wildman–Crippen LogP) is 3.65. The summed E-state index contributed by atoms with van der Waals surface area (Å²) >= 11 is 1.32. The molecule has 0 fully saturated rings. The Bertz CT molecular complexity index is 1270. The van der Waals surface area contributed by atoms with Gasteiger partial charge >= 0.3 is 6.03 Å². The van der Waals surface area contributed by atoms with Gasteiger partial charge in [-0.3, -0.25) is 19.8 Å². The molecule has 3 rings (SSSR count). The first-order chi connectivity index (χ1) is 18.0. The van der Waals surface area contributed by atoms with Gasteiger partial charge in [-0.1, -0.05) is 13.8 Å². The molecule has 0 spiro atoms. The Labute approximate surface area is 228 Å². The largest absolute Gasteiger partial charge is 0.341 e. The van der Waals surface area contributed by atoms with Gasteiger partial charge in [0, 0.05) is 49.7 Å². The van der Waals surface area contributed by atoms with Crippen LogP contribution in [0.15, 0.2) is 29.2 Å². The summed E-state index contributed by atoms with van der Waals surface area (Å²) in [6.45, 7) is 10.3. The summed E-state index contributed by atoms with van der Waals surface area (Å²) in [5.74, 6) is -1.05. The number of carbonyl (C=O) groups is 3. The van der Waals surface area contributed by atoms with Crippen molar-refractivity contribution in [2.45, 2.75) is 64.4 Å². The van der Waals surface area contributed by atoms with Crippen molar-refractivity contribution in [3.05, 3.63) is 45.8 Å². The Hall–Kier alpha value is -2.80. The molecule has 1 aromatic heterocycles. The molecular weight excluding hydrogens is 526 g/mol. The zero-order valence-electron chi connectivity index (χ0n) is 22.6. The number of imide groups is 1. The van der Waals surface area contributed by atoms with E-state index in [0.29, 0.717) is 55.5 Å². The summed E-state index contributed by atoms with van der Waals surface area (Å²) in [6.07, 6.45) is 2.03. The maximum absolute atomic E-state index is 13.2. The van der Waals surface area contributed by atoms with Crippen molar-refractivity contribution >= 4 is 44.2 Å². The molecule has 0 atom stereocenters. The van der Waals surface area contributed by atoms with Crippen molar-refractivity contribution in [2.24, 2.45) is 0 Å². The third-order valence-corrected chi connectivity index (χ3v) is 9.47. The quantitative estimate of drug-likeness (QED) is 0.405. The number of sulfonamides is 1. The van der Waals surface area contributed by atoms with Gasteiger partial charge in [0.05, 0.1) is 10.5 Å². The minimum atomic E-state index is -3.66. The fourth-order valence-electron chi connectivity index (χ4n) is 4.37. The lowest BCUT2D eigenvalue weighted by atomic mass is 10.0. The van der Waals surface area contributed by atoms with Crippen LogP contribution in [0.3, 0.4) is 0 Å². The van der Waals surface area contributed by atoms with Gasteiger partial charge in [-0.2, -0.15) is 4.31 Å². The van der Waals surface area contributed by atoms with E-state index in [0.717, 1.165) is 17.0 Å². The third-order valence-electron chi connectivity index (χ3n) is 6.43. The van der Waals surface area contributed by atoms with Crippen LogP contribution in [-0.4, -0.2) is 68.2 Å². The Morgan fingerprint density at radius 2 is 1.68 bits per heavy atom. The van der Waals surface area contributed by atoms with Crippen molar-refractivity contribution in [3.63, 3.8) is 0 Å². The van der Waals surface area contributed by atoms with E-state index in [1.165, 1.54) is 47.0 Å². The maximum Gasteiger partial charge on any atom is 0.321 e. The first kappa shape index (κ1) is 29.8. The molecule has 0 radical (unpaired) electrons. The molecule has 1 aromatic carbocycles. The Morgan fingerprint density at radius 1 is 1.05 bits per heavy atom. The summed E-state index contributed by atoms with van der Waals surface area (Å²) in [6, 6.07) is 5.49. The lowest BCUT2D eigenvalue weighted by molar-refractivity contribution is 0.0963. The summed E-state index contributed by atoms with van der Waals surface area (Å²) in [5.41, 5.74) is 1.38. The molecule has 0 unspecified atom stereocenters. The standard InChI is InChI=1S/C26H37N5O5S2/c1-6-13-31(14-7-2)38(35,36)19-10-8-18(9-11-19)23(32)28-25-22(24(33)29-26(34)27-5)20-12-15-30(17(3)4)16-21(20)37-25/h8-11,17H,6-7,12-16H2,1-5H3,(H,28,32)(H2,27,29,33,34). The monoisotopic (exact) mass is 563 g/mol. The van der Waals surface area contributed by atoms with Gasteiger partial charge in [0.1, 0.15) is 5.00 Å². The number of hydrogen-bond donors (Lipinski definition) is 3. The number of nitrogens with one attached hydrogen (secondary N) is 3. The molecule has 0 saturated heterocycles. The summed E-state index contributed by atoms with van der Waals surface area (Å²) < 4.78 is 27.6. The van der Waals surface area contributed by atoms with Crippen LogP contribution in [0, 0.1) is 0 Å². The minimum Gasteiger partial charge on any atom is -0.341 e. The van der Waals surface area contributed by atoms with Crippen molar-refractivity contribution in [2.75, 3.05) is 32.0 Å². The van der Waals surface area contributed by atoms with E-state index >= 15 is 0 Å². The SMILES string of the molecule is CCCN(CCC)S(=O)(=O)c1ccc(C(=O)Nc2sc3c(c2C(=O)NC(=O)NC)CCN(C(C)C)C3)cc1. The molecule has 0 saturated carbocycles. The van der Waals surface area contributed by atoms with Crippen LogP contribution in [-0.2, 0) is 23.0 Å². The molecule has 4 amide bonds. The van der Waals surface area contributed by atoms with E-state index in [-0.39, 0.29) is 10.5 Å². The fraction of sp³-hybridized carbons (Fsp3) is 0.500. The molecule has 0 bridgehead atoms. The smallest absolute Gasteiger partial charge is 0.321 e. The summed E-state index contributed by atoms with van der Waals surface area (Å²) in [4.78, 5) is 41.4. The van der Waals surface area contributed by atoms with E-state index < -0.39 is 27.9 Å². The number of carbonyl (C=O) groups excluding carboxylic acids is 3. The zero-order valence-corrected chi connectivity index (χ0v) is 24.2. The van der Waals surface area contributed by atoms with Crippen molar-refractivity contribution in [1.29, 1.82) is 0 Å². The van der Waals surface area contributed by atoms with Gasteiger partial charge < -0.3 is 10.6 Å². The molecule has 1 aliphatic heterocycles. The lowest BCUT2D eigenvalue weighted by Crippen LogP contribution is -2.39. The van der Waals surface area contributed by atoms with Crippen LogP contribution in [0.2, 0.25) is 0 Å². The number of anilines is 1. The molecule has 208 valence electrons. The highest BCUT2D eigenvalue weighted by atomic mass is 32.2. The highest BCUT2D eigenvalue weighted by Gasteiger charge is 2.30. The number of fused-ring (bicyclic) bond motifs is 1. The van der Waals surface area contributed by atoms with Gasteiger partial charge in [0.2, 0.25) is 10.0 Å². The fourth-order valence-corrected chi connectivity index (χ4v) is 7.26. The molecular formula is C26H37N5O5S2. The van der Waals surface area contributed by atoms with Crippen LogP contribution in [0.4, 0.5) is 9.80 Å². The van der Waals surface area contributed by atoms with Crippen molar-refractivity contribution in [1.82, 2.24) is 19.8 Å². The number of thiophene rings is 1. The first-order valence-corrected chi connectivity index (χ1v) is 15.1. The van der Waals surface area contributed by atoms with Crippen molar-refractivity contribution < 1.29 is 22.8 Å². The molecule has 38 heavy (non-hydrogen) atoms. The summed E-state index contributed by atoms with van der Waals surface area (Å²) in [5, 5.41) is 7.87. The average Bonchev–Trinajstić information content (AvgIpc) is 3.25. The number of hydrogen-bond acceptors (Lipinski definition) is 7. The second-order valence-corrected chi connectivity index (χ2v) is 12.5. The molecule has 2 aromatic rings. The van der Waals surface area contributed by atoms with Crippen LogP contribution < -0.4 is 16.0 Å². The maximum atomic E-state index is 13.2. The molecule has 1 aliphatic rings. The second kappa shape index (κ2) is 12.8. The first-order valence-electron chi connectivity index (χ1n) is 12.9. The van der Waals surface area contributed by atoms with Gasteiger partial charge in [-0.15, -0.1) is 11.3 Å². The van der Waals surface area contributed by atoms with Crippen LogP contribution in [0.25, 0.3) is 0 Å². The minimum absolute atomic E-state index is 0.127. The zero-order chi connectivity index (χ0) is 28.0.